The number of hydrogen-bond donors (Lipinski definition) is 2. The molecular weight excluding hydrogens is 240 g/mol. The van der Waals surface area contributed by atoms with E-state index in [4.69, 9.17) is 10.3 Å². The Morgan fingerprint density at radius 1 is 1.00 bits per heavy atom. The van der Waals surface area contributed by atoms with E-state index in [9.17, 15) is 8.42 Å². The van der Waals surface area contributed by atoms with Crippen LogP contribution < -0.4 is 5.73 Å². The summed E-state index contributed by atoms with van der Waals surface area (Å²) in [7, 11) is -4.08. The van der Waals surface area contributed by atoms with Crippen molar-refractivity contribution in [3.63, 3.8) is 0 Å². The maximum atomic E-state index is 10.5. The molecule has 2 aromatic rings. The van der Waals surface area contributed by atoms with Crippen molar-refractivity contribution < 1.29 is 13.0 Å². The summed E-state index contributed by atoms with van der Waals surface area (Å²) in [4.78, 5) is 3.64. The number of benzene rings is 1. The highest BCUT2D eigenvalue weighted by atomic mass is 32.2. The number of nitrogen functional groups attached to an aromatic ring is 1. The minimum Gasteiger partial charge on any atom is -0.399 e. The summed E-state index contributed by atoms with van der Waals surface area (Å²) in [5, 5.41) is 0. The molecule has 0 aliphatic carbocycles. The first kappa shape index (κ1) is 13.1. The molecule has 2 rings (SSSR count). The lowest BCUT2D eigenvalue weighted by molar-refractivity contribution is 0.483. The van der Waals surface area contributed by atoms with Crippen molar-refractivity contribution in [1.29, 1.82) is 0 Å². The number of rotatable bonds is 1. The Hall–Kier alpha value is -1.92. The van der Waals surface area contributed by atoms with Gasteiger partial charge in [0.05, 0.1) is 4.90 Å². The smallest absolute Gasteiger partial charge is 0.294 e. The molecular formula is C11H12N2O3S. The molecule has 17 heavy (non-hydrogen) atoms. The largest absolute Gasteiger partial charge is 0.399 e. The number of pyridine rings is 1. The number of nitrogens with two attached hydrogens (primary N) is 1. The molecule has 0 unspecified atom stereocenters. The average Bonchev–Trinajstić information content (AvgIpc) is 2.31. The predicted molar refractivity (Wildman–Crippen MR) is 64.9 cm³/mol. The van der Waals surface area contributed by atoms with E-state index in [1.165, 1.54) is 24.3 Å². The second-order valence-electron chi connectivity index (χ2n) is 3.07. The molecule has 0 saturated heterocycles. The molecule has 0 fully saturated rings. The predicted octanol–water partition coefficient (Wildman–Crippen LogP) is 1.60. The van der Waals surface area contributed by atoms with Gasteiger partial charge in [0.25, 0.3) is 10.1 Å². The van der Waals surface area contributed by atoms with Gasteiger partial charge in [-0.25, -0.2) is 0 Å². The Balaban J connectivity index is 0.000000202. The Labute approximate surface area is 99.7 Å². The molecule has 0 radical (unpaired) electrons. The minimum absolute atomic E-state index is 0.147. The summed E-state index contributed by atoms with van der Waals surface area (Å²) in [6.45, 7) is 0. The molecule has 0 aliphatic heterocycles. The zero-order valence-electron chi connectivity index (χ0n) is 8.89. The normalized spacial score (nSPS) is 10.2. The molecule has 1 aromatic carbocycles. The Bertz CT molecular complexity index is 512. The molecule has 3 N–H and O–H groups in total. The molecule has 0 atom stereocenters. The third-order valence-corrected chi connectivity index (χ3v) is 2.61. The van der Waals surface area contributed by atoms with Crippen LogP contribution in [-0.4, -0.2) is 18.0 Å². The van der Waals surface area contributed by atoms with Crippen LogP contribution in [0.2, 0.25) is 0 Å². The average molecular weight is 252 g/mol. The summed E-state index contributed by atoms with van der Waals surface area (Å²) in [6.07, 6.45) is 3.50. The maximum absolute atomic E-state index is 10.5. The van der Waals surface area contributed by atoms with Crippen LogP contribution in [0.25, 0.3) is 0 Å². The number of hydrogen-bond acceptors (Lipinski definition) is 4. The highest BCUT2D eigenvalue weighted by Gasteiger charge is 2.06. The second-order valence-corrected chi connectivity index (χ2v) is 4.49. The van der Waals surface area contributed by atoms with Crippen molar-refractivity contribution in [2.45, 2.75) is 4.90 Å². The fourth-order valence-electron chi connectivity index (χ4n) is 0.952. The minimum atomic E-state index is -4.08. The van der Waals surface area contributed by atoms with Gasteiger partial charge in [0.15, 0.2) is 0 Å². The lowest BCUT2D eigenvalue weighted by Crippen LogP contribution is -1.97. The summed E-state index contributed by atoms with van der Waals surface area (Å²) >= 11 is 0. The van der Waals surface area contributed by atoms with Gasteiger partial charge < -0.3 is 5.73 Å². The van der Waals surface area contributed by atoms with E-state index in [0.29, 0.717) is 5.69 Å². The summed E-state index contributed by atoms with van der Waals surface area (Å²) in [5.74, 6) is 0. The second kappa shape index (κ2) is 5.97. The van der Waals surface area contributed by atoms with Gasteiger partial charge in [-0.2, -0.15) is 8.42 Å². The van der Waals surface area contributed by atoms with E-state index in [1.54, 1.807) is 12.4 Å². The number of aromatic nitrogens is 1. The van der Waals surface area contributed by atoms with E-state index >= 15 is 0 Å². The molecule has 0 spiro atoms. The van der Waals surface area contributed by atoms with Crippen molar-refractivity contribution in [1.82, 2.24) is 4.98 Å². The SMILES string of the molecule is Nc1ccc(S(=O)(=O)O)cc1.c1ccncc1. The maximum Gasteiger partial charge on any atom is 0.294 e. The summed E-state index contributed by atoms with van der Waals surface area (Å²) in [6, 6.07) is 11.0. The Morgan fingerprint density at radius 2 is 1.53 bits per heavy atom. The van der Waals surface area contributed by atoms with Crippen LogP contribution in [-0.2, 0) is 10.1 Å². The van der Waals surface area contributed by atoms with Crippen LogP contribution in [0.3, 0.4) is 0 Å². The van der Waals surface area contributed by atoms with Gasteiger partial charge in [-0.1, -0.05) is 6.07 Å². The van der Waals surface area contributed by atoms with Gasteiger partial charge in [-0.15, -0.1) is 0 Å². The Kier molecular flexibility index (Phi) is 4.62. The van der Waals surface area contributed by atoms with Crippen molar-refractivity contribution >= 4 is 15.8 Å². The third kappa shape index (κ3) is 5.10. The summed E-state index contributed by atoms with van der Waals surface area (Å²) < 4.78 is 29.4. The zero-order chi connectivity index (χ0) is 12.7. The zero-order valence-corrected chi connectivity index (χ0v) is 9.71. The van der Waals surface area contributed by atoms with Crippen molar-refractivity contribution in [2.24, 2.45) is 0 Å². The van der Waals surface area contributed by atoms with E-state index in [0.717, 1.165) is 0 Å². The van der Waals surface area contributed by atoms with E-state index in [2.05, 4.69) is 4.98 Å². The third-order valence-electron chi connectivity index (χ3n) is 1.74. The first-order chi connectivity index (χ1) is 8.00. The number of nitrogens with zero attached hydrogens (tertiary/aromatic N) is 1. The first-order valence-electron chi connectivity index (χ1n) is 4.68. The van der Waals surface area contributed by atoms with Gasteiger partial charge in [-0.05, 0) is 36.4 Å². The van der Waals surface area contributed by atoms with Crippen molar-refractivity contribution in [3.8, 4) is 0 Å². The first-order valence-corrected chi connectivity index (χ1v) is 6.12. The summed E-state index contributed by atoms with van der Waals surface area (Å²) in [5.41, 5.74) is 5.75. The molecule has 0 bridgehead atoms. The lowest BCUT2D eigenvalue weighted by Gasteiger charge is -1.95. The monoisotopic (exact) mass is 252 g/mol. The van der Waals surface area contributed by atoms with E-state index in [-0.39, 0.29) is 4.90 Å². The van der Waals surface area contributed by atoms with E-state index in [1.807, 2.05) is 18.2 Å². The van der Waals surface area contributed by atoms with Crippen LogP contribution in [0.15, 0.2) is 59.8 Å². The number of anilines is 1. The van der Waals surface area contributed by atoms with Crippen molar-refractivity contribution in [2.75, 3.05) is 5.73 Å². The van der Waals surface area contributed by atoms with Crippen LogP contribution in [0.4, 0.5) is 5.69 Å². The molecule has 0 aliphatic rings. The van der Waals surface area contributed by atoms with Gasteiger partial charge in [-0.3, -0.25) is 9.54 Å². The molecule has 5 nitrogen and oxygen atoms in total. The van der Waals surface area contributed by atoms with Gasteiger partial charge in [0, 0.05) is 18.1 Å². The molecule has 0 amide bonds. The fourth-order valence-corrected chi connectivity index (χ4v) is 1.43. The fraction of sp³-hybridized carbons (Fsp3) is 0. The molecule has 1 heterocycles. The highest BCUT2D eigenvalue weighted by Crippen LogP contribution is 2.10. The van der Waals surface area contributed by atoms with Crippen molar-refractivity contribution in [3.05, 3.63) is 54.9 Å². The van der Waals surface area contributed by atoms with Gasteiger partial charge in [0.1, 0.15) is 0 Å². The molecule has 6 heteroatoms. The topological polar surface area (TPSA) is 93.3 Å². The molecule has 0 saturated carbocycles. The highest BCUT2D eigenvalue weighted by molar-refractivity contribution is 7.85. The van der Waals surface area contributed by atoms with Crippen LogP contribution in [0.1, 0.15) is 0 Å². The lowest BCUT2D eigenvalue weighted by atomic mass is 10.3. The molecule has 90 valence electrons. The quantitative estimate of drug-likeness (QED) is 0.594. The standard InChI is InChI=1S/C6H7NO3S.C5H5N/c7-5-1-3-6(4-2-5)11(8,9)10;1-2-4-6-5-3-1/h1-4H,7H2,(H,8,9,10);1-5H. The van der Waals surface area contributed by atoms with E-state index < -0.39 is 10.1 Å². The van der Waals surface area contributed by atoms with Gasteiger partial charge >= 0.3 is 0 Å². The Morgan fingerprint density at radius 3 is 1.82 bits per heavy atom. The van der Waals surface area contributed by atoms with Crippen LogP contribution in [0.5, 0.6) is 0 Å². The van der Waals surface area contributed by atoms with Crippen LogP contribution >= 0.6 is 0 Å². The van der Waals surface area contributed by atoms with Gasteiger partial charge in [0.2, 0.25) is 0 Å². The molecule has 1 aromatic heterocycles. The van der Waals surface area contributed by atoms with Crippen LogP contribution in [0, 0.1) is 0 Å².